The summed E-state index contributed by atoms with van der Waals surface area (Å²) in [6.07, 6.45) is 0. The van der Waals surface area contributed by atoms with E-state index in [1.54, 1.807) is 0 Å². The minimum atomic E-state index is -2.90. The standard InChI is InChI=1S/C19H18ClP.ClH/c1-21(20,17-11-5-2-6-12-17,18-13-7-3-8-14-18)19-15-9-4-10-16-19;/h2-16H,1H3;1H. The van der Waals surface area contributed by atoms with E-state index in [-0.39, 0.29) is 12.4 Å². The van der Waals surface area contributed by atoms with Crippen LogP contribution in [0.4, 0.5) is 0 Å². The molecule has 3 rings (SSSR count). The van der Waals surface area contributed by atoms with E-state index < -0.39 is 5.96 Å². The van der Waals surface area contributed by atoms with Gasteiger partial charge in [0.1, 0.15) is 0 Å². The van der Waals surface area contributed by atoms with Crippen molar-refractivity contribution in [1.82, 2.24) is 0 Å². The first kappa shape index (κ1) is 17.0. The second-order valence-corrected chi connectivity index (χ2v) is 12.4. The van der Waals surface area contributed by atoms with Crippen molar-refractivity contribution in [2.45, 2.75) is 0 Å². The summed E-state index contributed by atoms with van der Waals surface area (Å²) in [4.78, 5) is 0. The Bertz CT molecular complexity index is 622. The van der Waals surface area contributed by atoms with E-state index in [9.17, 15) is 0 Å². The first-order chi connectivity index (χ1) is 10.1. The average molecular weight is 349 g/mol. The summed E-state index contributed by atoms with van der Waals surface area (Å²) in [5, 5.41) is 3.59. The second-order valence-electron chi connectivity index (χ2n) is 5.44. The summed E-state index contributed by atoms with van der Waals surface area (Å²) in [6, 6.07) is 31.4. The first-order valence-corrected chi connectivity index (χ1v) is 10.6. The number of halogens is 2. The fourth-order valence-electron chi connectivity index (χ4n) is 2.79. The van der Waals surface area contributed by atoms with E-state index in [1.807, 2.05) is 18.2 Å². The summed E-state index contributed by atoms with van der Waals surface area (Å²) >= 11 is 7.50. The molecule has 3 aromatic rings. The molecule has 0 N–H and O–H groups in total. The van der Waals surface area contributed by atoms with Crippen molar-refractivity contribution in [3.63, 3.8) is 0 Å². The maximum absolute atomic E-state index is 7.50. The molecule has 0 saturated carbocycles. The molecule has 0 atom stereocenters. The molecular formula is C19H19Cl2P. The van der Waals surface area contributed by atoms with Gasteiger partial charge >= 0.3 is 131 Å². The van der Waals surface area contributed by atoms with E-state index >= 15 is 0 Å². The maximum Gasteiger partial charge on any atom is -0.147 e. The van der Waals surface area contributed by atoms with Gasteiger partial charge in [-0.2, -0.15) is 0 Å². The Kier molecular flexibility index (Phi) is 4.97. The van der Waals surface area contributed by atoms with Gasteiger partial charge in [0, 0.05) is 0 Å². The molecule has 0 aliphatic carbocycles. The van der Waals surface area contributed by atoms with Gasteiger partial charge in [0.15, 0.2) is 0 Å². The fourth-order valence-corrected chi connectivity index (χ4v) is 7.35. The zero-order valence-corrected chi connectivity index (χ0v) is 14.9. The Labute approximate surface area is 143 Å². The van der Waals surface area contributed by atoms with Crippen LogP contribution in [0, 0.1) is 0 Å². The van der Waals surface area contributed by atoms with Gasteiger partial charge < -0.3 is 0 Å². The zero-order chi connectivity index (χ0) is 14.8. The smallest absolute Gasteiger partial charge is 0.147 e. The molecule has 0 fully saturated rings. The Morgan fingerprint density at radius 1 is 0.545 bits per heavy atom. The third-order valence-corrected chi connectivity index (χ3v) is 10.4. The Morgan fingerprint density at radius 3 is 1.00 bits per heavy atom. The average Bonchev–Trinajstić information content (AvgIpc) is 2.57. The van der Waals surface area contributed by atoms with Crippen LogP contribution in [0.5, 0.6) is 0 Å². The van der Waals surface area contributed by atoms with Gasteiger partial charge in [0.2, 0.25) is 0 Å². The molecule has 0 bridgehead atoms. The van der Waals surface area contributed by atoms with Crippen molar-refractivity contribution in [3.05, 3.63) is 91.0 Å². The molecule has 0 amide bonds. The van der Waals surface area contributed by atoms with Gasteiger partial charge in [0.25, 0.3) is 0 Å². The zero-order valence-electron chi connectivity index (χ0n) is 12.4. The third-order valence-electron chi connectivity index (χ3n) is 4.11. The normalized spacial score (nSPS) is 12.7. The van der Waals surface area contributed by atoms with Crippen LogP contribution in [0.3, 0.4) is 0 Å². The first-order valence-electron chi connectivity index (χ1n) is 7.02. The summed E-state index contributed by atoms with van der Waals surface area (Å²) in [6.45, 7) is 2.22. The molecule has 0 aromatic heterocycles. The van der Waals surface area contributed by atoms with Crippen LogP contribution in [-0.4, -0.2) is 6.66 Å². The van der Waals surface area contributed by atoms with Crippen LogP contribution in [-0.2, 0) is 0 Å². The SMILES string of the molecule is CP(Cl)(c1ccccc1)(c1ccccc1)c1ccccc1.Cl. The van der Waals surface area contributed by atoms with Crippen LogP contribution in [0.25, 0.3) is 0 Å². The van der Waals surface area contributed by atoms with Gasteiger partial charge in [-0.05, 0) is 0 Å². The van der Waals surface area contributed by atoms with Crippen molar-refractivity contribution in [1.29, 1.82) is 0 Å². The van der Waals surface area contributed by atoms with Gasteiger partial charge in [-0.25, -0.2) is 0 Å². The molecule has 0 heterocycles. The van der Waals surface area contributed by atoms with Crippen molar-refractivity contribution < 1.29 is 0 Å². The summed E-state index contributed by atoms with van der Waals surface area (Å²) in [5.41, 5.74) is 0. The Morgan fingerprint density at radius 2 is 0.773 bits per heavy atom. The van der Waals surface area contributed by atoms with Crippen molar-refractivity contribution in [3.8, 4) is 0 Å². The van der Waals surface area contributed by atoms with Crippen molar-refractivity contribution in [2.24, 2.45) is 0 Å². The predicted molar refractivity (Wildman–Crippen MR) is 104 cm³/mol. The molecule has 114 valence electrons. The van der Waals surface area contributed by atoms with Crippen LogP contribution < -0.4 is 15.9 Å². The van der Waals surface area contributed by atoms with Crippen LogP contribution >= 0.6 is 29.6 Å². The summed E-state index contributed by atoms with van der Waals surface area (Å²) in [5.74, 6) is -2.90. The molecule has 0 aliphatic heterocycles. The molecule has 0 aliphatic rings. The molecule has 0 unspecified atom stereocenters. The van der Waals surface area contributed by atoms with Gasteiger partial charge in [0.05, 0.1) is 0 Å². The molecule has 0 radical (unpaired) electrons. The van der Waals surface area contributed by atoms with E-state index in [2.05, 4.69) is 79.5 Å². The van der Waals surface area contributed by atoms with Crippen molar-refractivity contribution >= 4 is 45.5 Å². The van der Waals surface area contributed by atoms with E-state index in [0.29, 0.717) is 0 Å². The molecule has 22 heavy (non-hydrogen) atoms. The Hall–Kier alpha value is -1.33. The molecule has 0 saturated heterocycles. The molecule has 0 spiro atoms. The van der Waals surface area contributed by atoms with Gasteiger partial charge in [-0.1, -0.05) is 0 Å². The largest absolute Gasteiger partial charge is 0.147 e. The van der Waals surface area contributed by atoms with Crippen LogP contribution in [0.2, 0.25) is 0 Å². The quantitative estimate of drug-likeness (QED) is 0.600. The van der Waals surface area contributed by atoms with E-state index in [1.165, 1.54) is 15.9 Å². The topological polar surface area (TPSA) is 0 Å². The van der Waals surface area contributed by atoms with E-state index in [0.717, 1.165) is 0 Å². The van der Waals surface area contributed by atoms with Crippen LogP contribution in [0.15, 0.2) is 91.0 Å². The van der Waals surface area contributed by atoms with E-state index in [4.69, 9.17) is 11.2 Å². The molecule has 3 aromatic carbocycles. The summed E-state index contributed by atoms with van der Waals surface area (Å²) < 4.78 is 0. The number of hydrogen-bond acceptors (Lipinski definition) is 0. The maximum atomic E-state index is 7.50. The molecule has 3 heteroatoms. The number of benzene rings is 3. The van der Waals surface area contributed by atoms with Crippen molar-refractivity contribution in [2.75, 3.05) is 6.66 Å². The summed E-state index contributed by atoms with van der Waals surface area (Å²) in [7, 11) is 0. The molecular weight excluding hydrogens is 330 g/mol. The third kappa shape index (κ3) is 2.68. The molecule has 0 nitrogen and oxygen atoms in total. The number of rotatable bonds is 3. The Balaban J connectivity index is 0.00000176. The minimum Gasteiger partial charge on any atom is -0.147 e. The van der Waals surface area contributed by atoms with Crippen LogP contribution in [0.1, 0.15) is 0 Å². The monoisotopic (exact) mass is 348 g/mol. The van der Waals surface area contributed by atoms with Gasteiger partial charge in [-0.15, -0.1) is 12.4 Å². The number of hydrogen-bond donors (Lipinski definition) is 0. The van der Waals surface area contributed by atoms with Gasteiger partial charge in [-0.3, -0.25) is 0 Å². The minimum absolute atomic E-state index is 0. The fraction of sp³-hybridized carbons (Fsp3) is 0.0526. The second kappa shape index (κ2) is 6.42. The predicted octanol–water partition coefficient (Wildman–Crippen LogP) is 4.72.